The third-order valence-corrected chi connectivity index (χ3v) is 5.20. The van der Waals surface area contributed by atoms with Crippen LogP contribution in [0.3, 0.4) is 0 Å². The van der Waals surface area contributed by atoms with Crippen LogP contribution in [0.2, 0.25) is 0 Å². The Balaban J connectivity index is 1.61. The number of aromatic carboxylic acids is 1. The minimum absolute atomic E-state index is 0.0819. The fourth-order valence-electron chi connectivity index (χ4n) is 3.42. The number of azo groups is 1. The smallest absolute Gasteiger partial charge is 0.335 e. The van der Waals surface area contributed by atoms with E-state index in [0.717, 1.165) is 5.01 Å². The predicted molar refractivity (Wildman–Crippen MR) is 121 cm³/mol. The summed E-state index contributed by atoms with van der Waals surface area (Å²) in [5.74, 6) is -2.11. The van der Waals surface area contributed by atoms with Gasteiger partial charge in [-0.1, -0.05) is 24.3 Å². The average Bonchev–Trinajstić information content (AvgIpc) is 3.08. The van der Waals surface area contributed by atoms with Crippen LogP contribution in [-0.2, 0) is 4.79 Å². The summed E-state index contributed by atoms with van der Waals surface area (Å²) in [7, 11) is 0. The predicted octanol–water partition coefficient (Wildman–Crippen LogP) is 5.08. The van der Waals surface area contributed by atoms with Gasteiger partial charge in [0.1, 0.15) is 11.5 Å². The lowest BCUT2D eigenvalue weighted by molar-refractivity contribution is -0.117. The van der Waals surface area contributed by atoms with Gasteiger partial charge < -0.3 is 10.2 Å². The fourth-order valence-corrected chi connectivity index (χ4v) is 3.42. The topological polar surface area (TPSA) is 115 Å². The number of phenols is 1. The summed E-state index contributed by atoms with van der Waals surface area (Å²) in [6, 6.07) is 14.2. The average molecular weight is 446 g/mol. The third-order valence-electron chi connectivity index (χ3n) is 5.20. The molecule has 0 bridgehead atoms. The molecule has 166 valence electrons. The Kier molecular flexibility index (Phi) is 5.70. The number of hydrazone groups is 1. The first-order valence-corrected chi connectivity index (χ1v) is 9.98. The quantitative estimate of drug-likeness (QED) is 0.532. The highest BCUT2D eigenvalue weighted by atomic mass is 19.1. The number of aryl methyl sites for hydroxylation is 1. The molecule has 3 aromatic carbocycles. The zero-order valence-electron chi connectivity index (χ0n) is 17.7. The number of carbonyl (C=O) groups excluding carboxylic acids is 1. The highest BCUT2D eigenvalue weighted by Crippen LogP contribution is 2.38. The van der Waals surface area contributed by atoms with Crippen molar-refractivity contribution in [3.63, 3.8) is 0 Å². The van der Waals surface area contributed by atoms with Crippen molar-refractivity contribution < 1.29 is 24.2 Å². The van der Waals surface area contributed by atoms with Crippen LogP contribution in [0.1, 0.15) is 22.8 Å². The summed E-state index contributed by atoms with van der Waals surface area (Å²) in [5, 5.41) is 33.4. The van der Waals surface area contributed by atoms with E-state index in [2.05, 4.69) is 15.3 Å². The van der Waals surface area contributed by atoms with Crippen molar-refractivity contribution in [2.24, 2.45) is 15.3 Å². The van der Waals surface area contributed by atoms with Crippen LogP contribution in [0.25, 0.3) is 11.1 Å². The van der Waals surface area contributed by atoms with Gasteiger partial charge in [0, 0.05) is 5.56 Å². The Morgan fingerprint density at radius 1 is 1.09 bits per heavy atom. The standard InChI is InChI=1S/C24H19FN4O4/c1-13-11-17(9-10-19(13)25)29-23(31)21(14(2)28-29)27-26-20-8-4-7-18(22(20)30)15-5-3-6-16(12-15)24(32)33/h3-12,21,30H,1-2H3,(H,32,33). The molecular weight excluding hydrogens is 427 g/mol. The molecule has 0 spiro atoms. The van der Waals surface area contributed by atoms with Crippen molar-refractivity contribution in [3.8, 4) is 16.9 Å². The molecule has 9 heteroatoms. The summed E-state index contributed by atoms with van der Waals surface area (Å²) >= 11 is 0. The number of amides is 1. The van der Waals surface area contributed by atoms with Crippen LogP contribution in [0.5, 0.6) is 5.75 Å². The second-order valence-corrected chi connectivity index (χ2v) is 7.50. The molecule has 33 heavy (non-hydrogen) atoms. The van der Waals surface area contributed by atoms with Gasteiger partial charge in [-0.2, -0.15) is 20.3 Å². The number of aromatic hydroxyl groups is 1. The van der Waals surface area contributed by atoms with E-state index in [-0.39, 0.29) is 22.8 Å². The number of halogens is 1. The molecule has 1 atom stereocenters. The Morgan fingerprint density at radius 2 is 1.85 bits per heavy atom. The first kappa shape index (κ1) is 21.8. The Bertz CT molecular complexity index is 1340. The molecule has 3 aromatic rings. The zero-order valence-corrected chi connectivity index (χ0v) is 17.7. The number of hydrogen-bond acceptors (Lipinski definition) is 6. The van der Waals surface area contributed by atoms with Gasteiger partial charge in [0.15, 0.2) is 11.8 Å². The SMILES string of the molecule is CC1=NN(c2ccc(F)c(C)c2)C(=O)C1N=Nc1cccc(-c2cccc(C(=O)O)c2)c1O. The molecule has 4 rings (SSSR count). The summed E-state index contributed by atoms with van der Waals surface area (Å²) in [5.41, 5.74) is 2.27. The second-order valence-electron chi connectivity index (χ2n) is 7.50. The Hall–Kier alpha value is -4.40. The molecule has 0 fully saturated rings. The van der Waals surface area contributed by atoms with E-state index in [1.165, 1.54) is 36.4 Å². The van der Waals surface area contributed by atoms with Crippen molar-refractivity contribution in [1.82, 2.24) is 0 Å². The van der Waals surface area contributed by atoms with Crippen molar-refractivity contribution in [2.75, 3.05) is 5.01 Å². The molecule has 1 unspecified atom stereocenters. The maximum Gasteiger partial charge on any atom is 0.335 e. The van der Waals surface area contributed by atoms with E-state index in [1.807, 2.05) is 0 Å². The van der Waals surface area contributed by atoms with Gasteiger partial charge in [-0.3, -0.25) is 4.79 Å². The van der Waals surface area contributed by atoms with Gasteiger partial charge in [0.2, 0.25) is 0 Å². The van der Waals surface area contributed by atoms with Gasteiger partial charge in [0.25, 0.3) is 5.91 Å². The summed E-state index contributed by atoms with van der Waals surface area (Å²) in [6.45, 7) is 3.22. The number of carbonyl (C=O) groups is 2. The van der Waals surface area contributed by atoms with Crippen LogP contribution in [0, 0.1) is 12.7 Å². The number of benzene rings is 3. The number of rotatable bonds is 5. The number of carboxylic acid groups (broad SMARTS) is 1. The van der Waals surface area contributed by atoms with E-state index in [1.54, 1.807) is 38.1 Å². The highest BCUT2D eigenvalue weighted by molar-refractivity contribution is 6.18. The molecule has 0 radical (unpaired) electrons. The molecular formula is C24H19FN4O4. The Labute approximate surface area is 188 Å². The minimum Gasteiger partial charge on any atom is -0.505 e. The summed E-state index contributed by atoms with van der Waals surface area (Å²) < 4.78 is 13.6. The van der Waals surface area contributed by atoms with E-state index in [4.69, 9.17) is 0 Å². The monoisotopic (exact) mass is 446 g/mol. The van der Waals surface area contributed by atoms with E-state index < -0.39 is 17.9 Å². The van der Waals surface area contributed by atoms with Crippen LogP contribution in [0.4, 0.5) is 15.8 Å². The number of hydrogen-bond donors (Lipinski definition) is 2. The van der Waals surface area contributed by atoms with Crippen molar-refractivity contribution in [1.29, 1.82) is 0 Å². The number of phenolic OH excluding ortho intramolecular Hbond substituents is 1. The van der Waals surface area contributed by atoms with Crippen LogP contribution in [0.15, 0.2) is 76.0 Å². The van der Waals surface area contributed by atoms with Crippen molar-refractivity contribution >= 4 is 29.0 Å². The molecule has 0 saturated heterocycles. The molecule has 0 aliphatic carbocycles. The van der Waals surface area contributed by atoms with Crippen LogP contribution < -0.4 is 5.01 Å². The van der Waals surface area contributed by atoms with Gasteiger partial charge in [-0.05, 0) is 61.4 Å². The number of carboxylic acids is 1. The second kappa shape index (κ2) is 8.62. The lowest BCUT2D eigenvalue weighted by atomic mass is 10.0. The maximum absolute atomic E-state index is 13.6. The fraction of sp³-hybridized carbons (Fsp3) is 0.125. The molecule has 2 N–H and O–H groups in total. The van der Waals surface area contributed by atoms with Crippen LogP contribution in [-0.4, -0.2) is 33.8 Å². The number of anilines is 1. The van der Waals surface area contributed by atoms with Gasteiger partial charge in [-0.25, -0.2) is 9.18 Å². The first-order chi connectivity index (χ1) is 15.8. The molecule has 1 aliphatic rings. The molecule has 0 saturated carbocycles. The summed E-state index contributed by atoms with van der Waals surface area (Å²) in [6.07, 6.45) is 0. The van der Waals surface area contributed by atoms with E-state index >= 15 is 0 Å². The largest absolute Gasteiger partial charge is 0.505 e. The lowest BCUT2D eigenvalue weighted by Gasteiger charge is -2.13. The summed E-state index contributed by atoms with van der Waals surface area (Å²) in [4.78, 5) is 24.1. The molecule has 8 nitrogen and oxygen atoms in total. The van der Waals surface area contributed by atoms with Gasteiger partial charge >= 0.3 is 5.97 Å². The first-order valence-electron chi connectivity index (χ1n) is 9.98. The highest BCUT2D eigenvalue weighted by Gasteiger charge is 2.35. The van der Waals surface area contributed by atoms with E-state index in [0.29, 0.717) is 28.1 Å². The zero-order chi connectivity index (χ0) is 23.7. The Morgan fingerprint density at radius 3 is 2.58 bits per heavy atom. The molecule has 1 aliphatic heterocycles. The van der Waals surface area contributed by atoms with Crippen LogP contribution >= 0.6 is 0 Å². The van der Waals surface area contributed by atoms with Gasteiger partial charge in [-0.15, -0.1) is 0 Å². The molecule has 1 amide bonds. The number of para-hydroxylation sites is 1. The maximum atomic E-state index is 13.6. The minimum atomic E-state index is -1.08. The van der Waals surface area contributed by atoms with Crippen molar-refractivity contribution in [2.45, 2.75) is 19.9 Å². The molecule has 0 aromatic heterocycles. The normalized spacial score (nSPS) is 15.8. The molecule has 1 heterocycles. The van der Waals surface area contributed by atoms with E-state index in [9.17, 15) is 24.2 Å². The number of nitrogens with zero attached hydrogens (tertiary/aromatic N) is 4. The van der Waals surface area contributed by atoms with Crippen molar-refractivity contribution in [3.05, 3.63) is 77.6 Å². The van der Waals surface area contributed by atoms with Gasteiger partial charge in [0.05, 0.1) is 17.0 Å². The third kappa shape index (κ3) is 4.20. The lowest BCUT2D eigenvalue weighted by Crippen LogP contribution is -2.29.